The summed E-state index contributed by atoms with van der Waals surface area (Å²) in [5, 5.41) is 9.22. The third-order valence-electron chi connectivity index (χ3n) is 1.99. The van der Waals surface area contributed by atoms with Gasteiger partial charge in [-0.25, -0.2) is 4.98 Å². The van der Waals surface area contributed by atoms with Crippen LogP contribution < -0.4 is 4.74 Å². The van der Waals surface area contributed by atoms with Crippen LogP contribution in [-0.4, -0.2) is 12.1 Å². The molecule has 1 aromatic carbocycles. The maximum Gasteiger partial charge on any atom is 0.195 e. The molecule has 0 radical (unpaired) electrons. The number of fused-ring (bicyclic) bond motifs is 1. The highest BCUT2D eigenvalue weighted by molar-refractivity contribution is 7.19. The highest BCUT2D eigenvalue weighted by Gasteiger charge is 2.07. The van der Waals surface area contributed by atoms with E-state index in [1.54, 1.807) is 7.11 Å². The van der Waals surface area contributed by atoms with Gasteiger partial charge < -0.3 is 4.74 Å². The Labute approximate surface area is 85.6 Å². The minimum Gasteiger partial charge on any atom is -0.497 e. The topological polar surface area (TPSA) is 45.9 Å². The Hall–Kier alpha value is -1.60. The van der Waals surface area contributed by atoms with E-state index in [1.807, 2.05) is 25.1 Å². The molecule has 0 aliphatic rings. The van der Waals surface area contributed by atoms with Crippen molar-refractivity contribution in [2.24, 2.45) is 0 Å². The Bertz CT molecular complexity index is 525. The summed E-state index contributed by atoms with van der Waals surface area (Å²) < 4.78 is 6.14. The number of nitrogens with zero attached hydrogens (tertiary/aromatic N) is 2. The average Bonchev–Trinajstić information content (AvgIpc) is 2.61. The first-order chi connectivity index (χ1) is 6.74. The summed E-state index contributed by atoms with van der Waals surface area (Å²) in [6, 6.07) is 5.87. The first-order valence-electron chi connectivity index (χ1n) is 4.10. The quantitative estimate of drug-likeness (QED) is 0.716. The Morgan fingerprint density at radius 1 is 1.50 bits per heavy atom. The fraction of sp³-hybridized carbons (Fsp3) is 0.200. The fourth-order valence-corrected chi connectivity index (χ4v) is 2.20. The molecular weight excluding hydrogens is 196 g/mol. The summed E-state index contributed by atoms with van der Waals surface area (Å²) >= 11 is 1.39. The molecule has 0 saturated carbocycles. The Kier molecular flexibility index (Phi) is 2.10. The normalized spacial score (nSPS) is 10.1. The minimum atomic E-state index is 0.497. The molecule has 0 bridgehead atoms. The van der Waals surface area contributed by atoms with Crippen molar-refractivity contribution in [1.29, 1.82) is 5.26 Å². The highest BCUT2D eigenvalue weighted by atomic mass is 32.1. The van der Waals surface area contributed by atoms with Gasteiger partial charge in [0.15, 0.2) is 5.01 Å². The lowest BCUT2D eigenvalue weighted by atomic mass is 10.2. The van der Waals surface area contributed by atoms with E-state index < -0.39 is 0 Å². The Morgan fingerprint density at radius 2 is 2.29 bits per heavy atom. The molecule has 2 aromatic rings. The summed E-state index contributed by atoms with van der Waals surface area (Å²) in [6.07, 6.45) is 0. The Balaban J connectivity index is 2.75. The van der Waals surface area contributed by atoms with Crippen molar-refractivity contribution < 1.29 is 4.74 Å². The molecule has 0 saturated heterocycles. The maximum absolute atomic E-state index is 8.72. The van der Waals surface area contributed by atoms with E-state index in [2.05, 4.69) is 4.98 Å². The summed E-state index contributed by atoms with van der Waals surface area (Å²) in [5.74, 6) is 0.808. The van der Waals surface area contributed by atoms with Crippen molar-refractivity contribution >= 4 is 21.6 Å². The zero-order valence-corrected chi connectivity index (χ0v) is 8.68. The first-order valence-corrected chi connectivity index (χ1v) is 4.91. The van der Waals surface area contributed by atoms with Crippen LogP contribution in [0, 0.1) is 18.3 Å². The standard InChI is InChI=1S/C10H8N2OS/c1-6-3-7(13-2)4-8-10(6)12-9(5-11)14-8/h3-4H,1-2H3. The van der Waals surface area contributed by atoms with Gasteiger partial charge in [-0.1, -0.05) is 0 Å². The van der Waals surface area contributed by atoms with E-state index >= 15 is 0 Å². The van der Waals surface area contributed by atoms with Gasteiger partial charge in [-0.3, -0.25) is 0 Å². The third-order valence-corrected chi connectivity index (χ3v) is 2.90. The van der Waals surface area contributed by atoms with Gasteiger partial charge in [0, 0.05) is 0 Å². The summed E-state index contributed by atoms with van der Waals surface area (Å²) in [5.41, 5.74) is 1.93. The molecule has 0 fully saturated rings. The summed E-state index contributed by atoms with van der Waals surface area (Å²) in [4.78, 5) is 4.21. The molecule has 0 aliphatic heterocycles. The van der Waals surface area contributed by atoms with Crippen LogP contribution in [0.1, 0.15) is 10.6 Å². The molecule has 0 amide bonds. The minimum absolute atomic E-state index is 0.497. The average molecular weight is 204 g/mol. The van der Waals surface area contributed by atoms with Gasteiger partial charge in [0.1, 0.15) is 11.8 Å². The van der Waals surface area contributed by atoms with Crippen molar-refractivity contribution in [2.45, 2.75) is 6.92 Å². The lowest BCUT2D eigenvalue weighted by molar-refractivity contribution is 0.415. The molecular formula is C10H8N2OS. The van der Waals surface area contributed by atoms with E-state index in [0.29, 0.717) is 5.01 Å². The van der Waals surface area contributed by atoms with E-state index in [4.69, 9.17) is 10.00 Å². The SMILES string of the molecule is COc1cc(C)c2nc(C#N)sc2c1. The van der Waals surface area contributed by atoms with Gasteiger partial charge in [-0.15, -0.1) is 11.3 Å². The van der Waals surface area contributed by atoms with Crippen LogP contribution in [0.15, 0.2) is 12.1 Å². The van der Waals surface area contributed by atoms with Crippen LogP contribution in [0.5, 0.6) is 5.75 Å². The number of hydrogen-bond acceptors (Lipinski definition) is 4. The number of aryl methyl sites for hydroxylation is 1. The van der Waals surface area contributed by atoms with Crippen LogP contribution in [-0.2, 0) is 0 Å². The fourth-order valence-electron chi connectivity index (χ4n) is 1.33. The van der Waals surface area contributed by atoms with Crippen molar-refractivity contribution in [2.75, 3.05) is 7.11 Å². The smallest absolute Gasteiger partial charge is 0.195 e. The zero-order chi connectivity index (χ0) is 10.1. The lowest BCUT2D eigenvalue weighted by Gasteiger charge is -2.00. The second-order valence-electron chi connectivity index (χ2n) is 2.92. The number of aromatic nitrogens is 1. The Morgan fingerprint density at radius 3 is 2.93 bits per heavy atom. The van der Waals surface area contributed by atoms with Gasteiger partial charge in [-0.05, 0) is 24.6 Å². The van der Waals surface area contributed by atoms with Crippen molar-refractivity contribution in [3.05, 3.63) is 22.7 Å². The second-order valence-corrected chi connectivity index (χ2v) is 3.95. The van der Waals surface area contributed by atoms with Crippen molar-refractivity contribution in [3.8, 4) is 11.8 Å². The number of rotatable bonds is 1. The van der Waals surface area contributed by atoms with Crippen LogP contribution in [0.2, 0.25) is 0 Å². The monoisotopic (exact) mass is 204 g/mol. The second kappa shape index (κ2) is 3.28. The molecule has 0 N–H and O–H groups in total. The zero-order valence-electron chi connectivity index (χ0n) is 7.87. The number of nitriles is 1. The first kappa shape index (κ1) is 8.97. The highest BCUT2D eigenvalue weighted by Crippen LogP contribution is 2.28. The van der Waals surface area contributed by atoms with E-state index in [0.717, 1.165) is 21.5 Å². The van der Waals surface area contributed by atoms with Gasteiger partial charge in [-0.2, -0.15) is 5.26 Å². The largest absolute Gasteiger partial charge is 0.497 e. The lowest BCUT2D eigenvalue weighted by Crippen LogP contribution is -1.84. The molecule has 1 heterocycles. The summed E-state index contributed by atoms with van der Waals surface area (Å²) in [7, 11) is 1.63. The molecule has 0 atom stereocenters. The molecule has 4 heteroatoms. The van der Waals surface area contributed by atoms with Gasteiger partial charge in [0.2, 0.25) is 0 Å². The van der Waals surface area contributed by atoms with E-state index in [9.17, 15) is 0 Å². The number of benzene rings is 1. The van der Waals surface area contributed by atoms with Crippen LogP contribution in [0.4, 0.5) is 0 Å². The van der Waals surface area contributed by atoms with Gasteiger partial charge >= 0.3 is 0 Å². The molecule has 2 rings (SSSR count). The molecule has 1 aromatic heterocycles. The molecule has 3 nitrogen and oxygen atoms in total. The summed E-state index contributed by atoms with van der Waals surface area (Å²) in [6.45, 7) is 1.96. The molecule has 14 heavy (non-hydrogen) atoms. The number of hydrogen-bond donors (Lipinski definition) is 0. The van der Waals surface area contributed by atoms with E-state index in [-0.39, 0.29) is 0 Å². The van der Waals surface area contributed by atoms with Gasteiger partial charge in [0.05, 0.1) is 17.3 Å². The molecule has 0 spiro atoms. The number of thiazole rings is 1. The molecule has 70 valence electrons. The predicted molar refractivity (Wildman–Crippen MR) is 55.6 cm³/mol. The predicted octanol–water partition coefficient (Wildman–Crippen LogP) is 2.49. The van der Waals surface area contributed by atoms with Crippen LogP contribution in [0.3, 0.4) is 0 Å². The third kappa shape index (κ3) is 1.32. The maximum atomic E-state index is 8.72. The van der Waals surface area contributed by atoms with Crippen molar-refractivity contribution in [3.63, 3.8) is 0 Å². The molecule has 0 aliphatic carbocycles. The molecule has 0 unspecified atom stereocenters. The van der Waals surface area contributed by atoms with Crippen LogP contribution in [0.25, 0.3) is 10.2 Å². The van der Waals surface area contributed by atoms with Gasteiger partial charge in [0.25, 0.3) is 0 Å². The number of ether oxygens (including phenoxy) is 1. The number of methoxy groups -OCH3 is 1. The van der Waals surface area contributed by atoms with Crippen molar-refractivity contribution in [1.82, 2.24) is 4.98 Å². The van der Waals surface area contributed by atoms with Crippen LogP contribution >= 0.6 is 11.3 Å². The van der Waals surface area contributed by atoms with E-state index in [1.165, 1.54) is 11.3 Å².